The fourth-order valence-electron chi connectivity index (χ4n) is 2.99. The normalized spacial score (nSPS) is 11.2. The smallest absolute Gasteiger partial charge is 0.354 e. The molecule has 0 unspecified atom stereocenters. The van der Waals surface area contributed by atoms with Gasteiger partial charge in [-0.3, -0.25) is 0 Å². The fourth-order valence-corrected chi connectivity index (χ4v) is 3.31. The molecule has 1 heterocycles. The van der Waals surface area contributed by atoms with Gasteiger partial charge in [0.25, 0.3) is 0 Å². The van der Waals surface area contributed by atoms with Crippen molar-refractivity contribution in [1.82, 2.24) is 9.47 Å². The molecule has 2 aromatic carbocycles. The highest BCUT2D eigenvalue weighted by Crippen LogP contribution is 2.31. The van der Waals surface area contributed by atoms with E-state index in [1.165, 1.54) is 7.11 Å². The number of aromatic nitrogens is 1. The molecule has 0 atom stereocenters. The molecule has 3 aromatic rings. The number of carbonyl (C=O) groups is 1. The van der Waals surface area contributed by atoms with E-state index in [1.807, 2.05) is 49.0 Å². The summed E-state index contributed by atoms with van der Waals surface area (Å²) in [5.74, 6) is 0.327. The minimum absolute atomic E-state index is 0.407. The molecule has 5 nitrogen and oxygen atoms in total. The van der Waals surface area contributed by atoms with Crippen LogP contribution >= 0.6 is 23.2 Å². The molecule has 148 valence electrons. The van der Waals surface area contributed by atoms with Crippen LogP contribution < -0.4 is 4.74 Å². The zero-order valence-corrected chi connectivity index (χ0v) is 17.5. The average Bonchev–Trinajstić information content (AvgIpc) is 3.03. The summed E-state index contributed by atoms with van der Waals surface area (Å²) >= 11 is 12.2. The lowest BCUT2D eigenvalue weighted by Crippen LogP contribution is -2.19. The van der Waals surface area contributed by atoms with Crippen LogP contribution in [0.1, 0.15) is 16.1 Å². The molecule has 0 aliphatic rings. The van der Waals surface area contributed by atoms with Gasteiger partial charge in [0.05, 0.1) is 22.7 Å². The molecule has 1 aromatic heterocycles. The maximum absolute atomic E-state index is 12.4. The van der Waals surface area contributed by atoms with E-state index < -0.39 is 5.97 Å². The van der Waals surface area contributed by atoms with Gasteiger partial charge in [0.2, 0.25) is 0 Å². The highest BCUT2D eigenvalue weighted by molar-refractivity contribution is 6.42. The van der Waals surface area contributed by atoms with Gasteiger partial charge in [-0.1, -0.05) is 35.3 Å². The van der Waals surface area contributed by atoms with E-state index in [9.17, 15) is 4.79 Å². The molecule has 0 fully saturated rings. The van der Waals surface area contributed by atoms with Crippen molar-refractivity contribution in [3.8, 4) is 5.75 Å². The zero-order valence-electron chi connectivity index (χ0n) is 16.0. The molecule has 0 bridgehead atoms. The summed E-state index contributed by atoms with van der Waals surface area (Å²) in [4.78, 5) is 14.4. The number of likely N-dealkylation sites (N-methyl/N-ethyl adjacent to an activating group) is 1. The minimum Gasteiger partial charge on any atom is -0.492 e. The molecule has 0 amide bonds. The second kappa shape index (κ2) is 8.86. The van der Waals surface area contributed by atoms with Crippen LogP contribution in [-0.4, -0.2) is 49.8 Å². The number of carbonyl (C=O) groups excluding carboxylic acids is 1. The number of rotatable bonds is 7. The third kappa shape index (κ3) is 4.43. The van der Waals surface area contributed by atoms with E-state index in [4.69, 9.17) is 32.7 Å². The van der Waals surface area contributed by atoms with Crippen molar-refractivity contribution in [2.45, 2.75) is 6.54 Å². The Morgan fingerprint density at radius 2 is 1.89 bits per heavy atom. The van der Waals surface area contributed by atoms with E-state index in [1.54, 1.807) is 12.1 Å². The van der Waals surface area contributed by atoms with Gasteiger partial charge in [-0.15, -0.1) is 0 Å². The molecule has 0 N–H and O–H groups in total. The number of fused-ring (bicyclic) bond motifs is 1. The van der Waals surface area contributed by atoms with Crippen molar-refractivity contribution in [3.63, 3.8) is 0 Å². The molecule has 0 radical (unpaired) electrons. The number of benzene rings is 2. The SMILES string of the molecule is COC(=O)c1cc2c(OCCN(C)C)cccc2n1Cc1ccc(Cl)c(Cl)c1. The van der Waals surface area contributed by atoms with Gasteiger partial charge >= 0.3 is 5.97 Å². The van der Waals surface area contributed by atoms with E-state index >= 15 is 0 Å². The number of methoxy groups -OCH3 is 1. The molecular weight excluding hydrogens is 399 g/mol. The van der Waals surface area contributed by atoms with Gasteiger partial charge in [0.1, 0.15) is 18.1 Å². The Hall–Kier alpha value is -2.21. The average molecular weight is 421 g/mol. The predicted molar refractivity (Wildman–Crippen MR) is 113 cm³/mol. The van der Waals surface area contributed by atoms with Crippen LogP contribution in [0.2, 0.25) is 10.0 Å². The molecular formula is C21H22Cl2N2O3. The molecule has 28 heavy (non-hydrogen) atoms. The number of hydrogen-bond donors (Lipinski definition) is 0. The number of halogens is 2. The summed E-state index contributed by atoms with van der Waals surface area (Å²) in [6, 6.07) is 13.0. The first-order valence-corrected chi connectivity index (χ1v) is 9.58. The lowest BCUT2D eigenvalue weighted by atomic mass is 10.2. The Balaban J connectivity index is 2.03. The van der Waals surface area contributed by atoms with Crippen LogP contribution in [0, 0.1) is 0 Å². The van der Waals surface area contributed by atoms with Gasteiger partial charge in [0, 0.05) is 18.5 Å². The van der Waals surface area contributed by atoms with Gasteiger partial charge < -0.3 is 18.9 Å². The molecule has 0 saturated carbocycles. The van der Waals surface area contributed by atoms with Gasteiger partial charge in [-0.25, -0.2) is 4.79 Å². The Morgan fingerprint density at radius 3 is 2.57 bits per heavy atom. The molecule has 0 aliphatic heterocycles. The quantitative estimate of drug-likeness (QED) is 0.518. The van der Waals surface area contributed by atoms with E-state index in [0.717, 1.165) is 28.8 Å². The summed E-state index contributed by atoms with van der Waals surface area (Å²) < 4.78 is 12.8. The highest BCUT2D eigenvalue weighted by atomic mass is 35.5. The van der Waals surface area contributed by atoms with E-state index in [2.05, 4.69) is 4.90 Å². The maximum atomic E-state index is 12.4. The molecule has 3 rings (SSSR count). The van der Waals surface area contributed by atoms with Gasteiger partial charge in [-0.2, -0.15) is 0 Å². The summed E-state index contributed by atoms with van der Waals surface area (Å²) in [5, 5.41) is 1.83. The van der Waals surface area contributed by atoms with Gasteiger partial charge in [-0.05, 0) is 50.0 Å². The van der Waals surface area contributed by atoms with Crippen LogP contribution in [-0.2, 0) is 11.3 Å². The van der Waals surface area contributed by atoms with Crippen molar-refractivity contribution in [1.29, 1.82) is 0 Å². The van der Waals surface area contributed by atoms with Crippen molar-refractivity contribution in [2.75, 3.05) is 34.4 Å². The number of nitrogens with zero attached hydrogens (tertiary/aromatic N) is 2. The second-order valence-electron chi connectivity index (χ2n) is 6.70. The number of esters is 1. The molecule has 0 spiro atoms. The van der Waals surface area contributed by atoms with Crippen LogP contribution in [0.25, 0.3) is 10.9 Å². The second-order valence-corrected chi connectivity index (χ2v) is 7.51. The predicted octanol–water partition coefficient (Wildman–Crippen LogP) is 4.72. The summed E-state index contributed by atoms with van der Waals surface area (Å²) in [5.41, 5.74) is 2.26. The zero-order chi connectivity index (χ0) is 20.3. The third-order valence-electron chi connectivity index (χ3n) is 4.42. The van der Waals surface area contributed by atoms with Crippen LogP contribution in [0.3, 0.4) is 0 Å². The van der Waals surface area contributed by atoms with Crippen molar-refractivity contribution < 1.29 is 14.3 Å². The summed E-state index contributed by atoms with van der Waals surface area (Å²) in [6.45, 7) is 1.80. The first kappa shape index (κ1) is 20.5. The van der Waals surface area contributed by atoms with E-state index in [0.29, 0.717) is 28.9 Å². The third-order valence-corrected chi connectivity index (χ3v) is 5.16. The van der Waals surface area contributed by atoms with Crippen molar-refractivity contribution in [3.05, 3.63) is 63.8 Å². The van der Waals surface area contributed by atoms with Crippen molar-refractivity contribution in [2.24, 2.45) is 0 Å². The first-order valence-electron chi connectivity index (χ1n) is 8.82. The number of hydrogen-bond acceptors (Lipinski definition) is 4. The monoisotopic (exact) mass is 420 g/mol. The Kier molecular flexibility index (Phi) is 6.50. The van der Waals surface area contributed by atoms with Crippen LogP contribution in [0.5, 0.6) is 5.75 Å². The molecule has 0 aliphatic carbocycles. The highest BCUT2D eigenvalue weighted by Gasteiger charge is 2.19. The molecule has 7 heteroatoms. The largest absolute Gasteiger partial charge is 0.492 e. The minimum atomic E-state index is -0.407. The maximum Gasteiger partial charge on any atom is 0.354 e. The topological polar surface area (TPSA) is 43.7 Å². The Labute approximate surface area is 174 Å². The molecule has 0 saturated heterocycles. The van der Waals surface area contributed by atoms with Gasteiger partial charge in [0.15, 0.2) is 0 Å². The van der Waals surface area contributed by atoms with E-state index in [-0.39, 0.29) is 0 Å². The first-order chi connectivity index (χ1) is 13.4. The summed E-state index contributed by atoms with van der Waals surface area (Å²) in [6.07, 6.45) is 0. The lowest BCUT2D eigenvalue weighted by Gasteiger charge is -2.13. The number of ether oxygens (including phenoxy) is 2. The summed E-state index contributed by atoms with van der Waals surface area (Å²) in [7, 11) is 5.36. The lowest BCUT2D eigenvalue weighted by molar-refractivity contribution is 0.0589. The van der Waals surface area contributed by atoms with Crippen molar-refractivity contribution >= 4 is 40.1 Å². The van der Waals surface area contributed by atoms with Crippen LogP contribution in [0.15, 0.2) is 42.5 Å². The fraction of sp³-hybridized carbons (Fsp3) is 0.286. The van der Waals surface area contributed by atoms with Crippen LogP contribution in [0.4, 0.5) is 0 Å². The Bertz CT molecular complexity index is 999. The standard InChI is InChI=1S/C21H22Cl2N2O3/c1-24(2)9-10-28-20-6-4-5-18-15(20)12-19(21(26)27-3)25(18)13-14-7-8-16(22)17(23)11-14/h4-8,11-12H,9-10,13H2,1-3H3. The Morgan fingerprint density at radius 1 is 1.11 bits per heavy atom.